The largest absolute Gasteiger partial charge is 0.324 e. The summed E-state index contributed by atoms with van der Waals surface area (Å²) in [5.74, 6) is 0.380. The molecular weight excluding hydrogens is 477 g/mol. The number of ketones is 1. The minimum absolute atomic E-state index is 0.0116. The van der Waals surface area contributed by atoms with Crippen molar-refractivity contribution in [3.05, 3.63) is 93.7 Å². The Hall–Kier alpha value is -2.38. The third-order valence-corrected chi connectivity index (χ3v) is 8.59. The van der Waals surface area contributed by atoms with Gasteiger partial charge in [-0.15, -0.1) is 11.8 Å². The lowest BCUT2D eigenvalue weighted by atomic mass is 9.69. The number of nitrogens with one attached hydrogen (secondary N) is 1. The van der Waals surface area contributed by atoms with Gasteiger partial charge < -0.3 is 5.32 Å². The lowest BCUT2D eigenvalue weighted by Gasteiger charge is -2.36. The Bertz CT molecular complexity index is 1270. The van der Waals surface area contributed by atoms with E-state index in [-0.39, 0.29) is 23.7 Å². The normalized spacial score (nSPS) is 28.1. The summed E-state index contributed by atoms with van der Waals surface area (Å²) in [5.41, 5.74) is 1.83. The van der Waals surface area contributed by atoms with Gasteiger partial charge in [0, 0.05) is 62.8 Å². The van der Waals surface area contributed by atoms with E-state index in [9.17, 15) is 9.59 Å². The van der Waals surface area contributed by atoms with Crippen molar-refractivity contribution in [2.24, 2.45) is 5.92 Å². The van der Waals surface area contributed by atoms with Crippen LogP contribution in [-0.2, 0) is 10.3 Å². The van der Waals surface area contributed by atoms with Gasteiger partial charge in [-0.2, -0.15) is 0 Å². The summed E-state index contributed by atoms with van der Waals surface area (Å²) < 4.78 is 0. The number of carbonyl (C=O) groups is 2. The Morgan fingerprint density at radius 3 is 2.67 bits per heavy atom. The summed E-state index contributed by atoms with van der Waals surface area (Å²) in [6.07, 6.45) is 3.23. The molecule has 2 aromatic carbocycles. The van der Waals surface area contributed by atoms with E-state index in [4.69, 9.17) is 23.2 Å². The lowest BCUT2D eigenvalue weighted by molar-refractivity contribution is -0.127. The molecule has 1 spiro atoms. The van der Waals surface area contributed by atoms with Crippen molar-refractivity contribution in [1.29, 1.82) is 0 Å². The molecule has 3 aliphatic heterocycles. The summed E-state index contributed by atoms with van der Waals surface area (Å²) in [7, 11) is 0. The molecule has 1 N–H and O–H groups in total. The Kier molecular flexibility index (Phi) is 5.03. The van der Waals surface area contributed by atoms with Crippen molar-refractivity contribution in [3.63, 3.8) is 0 Å². The number of thioether (sulfide) groups is 1. The Labute approximate surface area is 205 Å². The minimum Gasteiger partial charge on any atom is -0.324 e. The van der Waals surface area contributed by atoms with Gasteiger partial charge in [0.05, 0.1) is 5.92 Å². The first-order chi connectivity index (χ1) is 16.0. The smallest absolute Gasteiger partial charge is 0.250 e. The second-order valence-corrected chi connectivity index (χ2v) is 10.5. The molecule has 6 rings (SSSR count). The fourth-order valence-electron chi connectivity index (χ4n) is 5.79. The zero-order chi connectivity index (χ0) is 22.7. The molecule has 4 atom stereocenters. The van der Waals surface area contributed by atoms with Gasteiger partial charge in [0.2, 0.25) is 5.91 Å². The fourth-order valence-corrected chi connectivity index (χ4v) is 7.42. The number of pyridine rings is 1. The maximum Gasteiger partial charge on any atom is 0.250 e. The van der Waals surface area contributed by atoms with E-state index in [1.807, 2.05) is 36.4 Å². The summed E-state index contributed by atoms with van der Waals surface area (Å²) in [6.45, 7) is 0. The average Bonchev–Trinajstić information content (AvgIpc) is 3.48. The van der Waals surface area contributed by atoms with Crippen LogP contribution in [0.2, 0.25) is 10.0 Å². The molecule has 3 aromatic rings. The summed E-state index contributed by atoms with van der Waals surface area (Å²) in [5, 5.41) is 4.22. The van der Waals surface area contributed by atoms with Crippen LogP contribution in [0, 0.1) is 5.92 Å². The summed E-state index contributed by atoms with van der Waals surface area (Å²) >= 11 is 14.4. The number of anilines is 1. The van der Waals surface area contributed by atoms with Crippen molar-refractivity contribution < 1.29 is 9.59 Å². The van der Waals surface area contributed by atoms with E-state index in [2.05, 4.69) is 15.2 Å². The van der Waals surface area contributed by atoms with Gasteiger partial charge in [-0.25, -0.2) is 0 Å². The molecule has 4 unspecified atom stereocenters. The van der Waals surface area contributed by atoms with E-state index < -0.39 is 11.5 Å². The van der Waals surface area contributed by atoms with Crippen LogP contribution in [0.5, 0.6) is 0 Å². The quantitative estimate of drug-likeness (QED) is 0.505. The third-order valence-electron chi connectivity index (χ3n) is 7.07. The van der Waals surface area contributed by atoms with Crippen LogP contribution in [0.1, 0.15) is 27.4 Å². The van der Waals surface area contributed by atoms with E-state index in [0.29, 0.717) is 27.2 Å². The number of aromatic nitrogens is 1. The summed E-state index contributed by atoms with van der Waals surface area (Å²) in [4.78, 5) is 34.5. The van der Waals surface area contributed by atoms with Gasteiger partial charge in [-0.3, -0.25) is 19.5 Å². The molecule has 0 bridgehead atoms. The second-order valence-electron chi connectivity index (χ2n) is 8.61. The van der Waals surface area contributed by atoms with Crippen LogP contribution in [0.25, 0.3) is 0 Å². The van der Waals surface area contributed by atoms with Gasteiger partial charge in [-0.05, 0) is 48.0 Å². The van der Waals surface area contributed by atoms with Crippen LogP contribution in [-0.4, -0.2) is 39.2 Å². The SMILES string of the molecule is O=C(c1cccnc1)C1C(c2ccc(Cl)cc2)C2CSCN2C12C(=O)Nc1ccc(Cl)cc12. The molecule has 166 valence electrons. The number of fused-ring (bicyclic) bond motifs is 4. The van der Waals surface area contributed by atoms with E-state index in [1.165, 1.54) is 0 Å². The van der Waals surface area contributed by atoms with Crippen molar-refractivity contribution >= 4 is 52.3 Å². The molecule has 3 aliphatic rings. The van der Waals surface area contributed by atoms with Crippen LogP contribution < -0.4 is 5.32 Å². The molecule has 1 amide bonds. The third kappa shape index (κ3) is 3.01. The number of halogens is 2. The first kappa shape index (κ1) is 21.2. The average molecular weight is 496 g/mol. The highest BCUT2D eigenvalue weighted by molar-refractivity contribution is 7.99. The highest BCUT2D eigenvalue weighted by atomic mass is 35.5. The van der Waals surface area contributed by atoms with Crippen LogP contribution in [0.4, 0.5) is 5.69 Å². The Morgan fingerprint density at radius 2 is 1.91 bits per heavy atom. The first-order valence-corrected chi connectivity index (χ1v) is 12.6. The zero-order valence-electron chi connectivity index (χ0n) is 17.4. The molecule has 4 heterocycles. The Morgan fingerprint density at radius 1 is 1.12 bits per heavy atom. The minimum atomic E-state index is -1.15. The van der Waals surface area contributed by atoms with Crippen molar-refractivity contribution in [1.82, 2.24) is 9.88 Å². The van der Waals surface area contributed by atoms with E-state index in [0.717, 1.165) is 16.9 Å². The molecule has 2 saturated heterocycles. The van der Waals surface area contributed by atoms with Gasteiger partial charge in [-0.1, -0.05) is 35.3 Å². The van der Waals surface area contributed by atoms with Crippen molar-refractivity contribution in [2.75, 3.05) is 16.9 Å². The number of amides is 1. The number of Topliss-reactive ketones (excluding diaryl/α,β-unsaturated/α-hetero) is 1. The molecule has 0 aliphatic carbocycles. The fraction of sp³-hybridized carbons (Fsp3) is 0.240. The van der Waals surface area contributed by atoms with Gasteiger partial charge >= 0.3 is 0 Å². The second kappa shape index (κ2) is 7.84. The van der Waals surface area contributed by atoms with E-state index >= 15 is 0 Å². The maximum atomic E-state index is 14.2. The number of rotatable bonds is 3. The Balaban J connectivity index is 1.63. The highest BCUT2D eigenvalue weighted by Crippen LogP contribution is 2.61. The molecule has 33 heavy (non-hydrogen) atoms. The molecule has 0 saturated carbocycles. The first-order valence-electron chi connectivity index (χ1n) is 10.7. The van der Waals surface area contributed by atoms with Crippen molar-refractivity contribution in [3.8, 4) is 0 Å². The molecule has 8 heteroatoms. The van der Waals surface area contributed by atoms with Gasteiger partial charge in [0.1, 0.15) is 5.54 Å². The molecule has 2 fully saturated rings. The molecule has 1 aromatic heterocycles. The number of nitrogens with zero attached hydrogens (tertiary/aromatic N) is 2. The highest BCUT2D eigenvalue weighted by Gasteiger charge is 2.69. The van der Waals surface area contributed by atoms with Gasteiger partial charge in [0.25, 0.3) is 0 Å². The van der Waals surface area contributed by atoms with Crippen LogP contribution in [0.15, 0.2) is 67.0 Å². The monoisotopic (exact) mass is 495 g/mol. The van der Waals surface area contributed by atoms with Crippen molar-refractivity contribution in [2.45, 2.75) is 17.5 Å². The lowest BCUT2D eigenvalue weighted by Crippen LogP contribution is -2.52. The zero-order valence-corrected chi connectivity index (χ0v) is 19.7. The predicted molar refractivity (Wildman–Crippen MR) is 131 cm³/mol. The standard InChI is InChI=1S/C25H19Cl2N3O2S/c26-16-5-3-14(4-6-16)21-20-12-33-13-30(20)25(22(21)23(31)15-2-1-9-28-11-15)18-10-17(27)7-8-19(18)29-24(25)32/h1-11,20-22H,12-13H2,(H,29,32). The number of benzene rings is 2. The molecular formula is C25H19Cl2N3O2S. The maximum absolute atomic E-state index is 14.2. The topological polar surface area (TPSA) is 62.3 Å². The van der Waals surface area contributed by atoms with Crippen LogP contribution in [0.3, 0.4) is 0 Å². The summed E-state index contributed by atoms with van der Waals surface area (Å²) in [6, 6.07) is 16.6. The number of carbonyl (C=O) groups excluding carboxylic acids is 2. The van der Waals surface area contributed by atoms with Gasteiger partial charge in [0.15, 0.2) is 5.78 Å². The van der Waals surface area contributed by atoms with E-state index in [1.54, 1.807) is 42.4 Å². The molecule has 0 radical (unpaired) electrons. The number of hydrogen-bond donors (Lipinski definition) is 1. The number of hydrogen-bond acceptors (Lipinski definition) is 5. The van der Waals surface area contributed by atoms with Crippen LogP contribution >= 0.6 is 35.0 Å². The molecule has 5 nitrogen and oxygen atoms in total. The predicted octanol–water partition coefficient (Wildman–Crippen LogP) is 5.21.